The minimum absolute atomic E-state index is 0.392. The number of nitrogens with zero attached hydrogens (tertiary/aromatic N) is 2. The zero-order valence-corrected chi connectivity index (χ0v) is 13.6. The highest BCUT2D eigenvalue weighted by Crippen LogP contribution is 2.07. The molecule has 9 nitrogen and oxygen atoms in total. The third kappa shape index (κ3) is 11.5. The fourth-order valence-corrected chi connectivity index (χ4v) is 1.62. The van der Waals surface area contributed by atoms with Crippen molar-refractivity contribution in [3.8, 4) is 0 Å². The number of urea groups is 1. The molecule has 0 saturated carbocycles. The maximum Gasteiger partial charge on any atom is 0.312 e. The molecular formula is C13H22ClN5O4. The number of carbonyl (C=O) groups excluding carboxylic acids is 1. The van der Waals surface area contributed by atoms with E-state index in [0.29, 0.717) is 63.7 Å². The van der Waals surface area contributed by atoms with E-state index in [2.05, 4.69) is 20.6 Å². The lowest BCUT2D eigenvalue weighted by Gasteiger charge is -2.08. The van der Waals surface area contributed by atoms with Crippen LogP contribution in [0, 0.1) is 0 Å². The van der Waals surface area contributed by atoms with Crippen molar-refractivity contribution >= 4 is 23.4 Å². The summed E-state index contributed by atoms with van der Waals surface area (Å²) in [5.41, 5.74) is 4.90. The van der Waals surface area contributed by atoms with Crippen molar-refractivity contribution < 1.29 is 19.0 Å². The molecule has 10 heteroatoms. The van der Waals surface area contributed by atoms with Gasteiger partial charge in [0.2, 0.25) is 0 Å². The van der Waals surface area contributed by atoms with Crippen molar-refractivity contribution in [2.24, 2.45) is 5.73 Å². The number of anilines is 1. The van der Waals surface area contributed by atoms with Crippen LogP contribution in [0.4, 0.5) is 10.6 Å². The molecule has 0 aliphatic heterocycles. The monoisotopic (exact) mass is 347 g/mol. The first-order valence-corrected chi connectivity index (χ1v) is 7.54. The first-order valence-electron chi connectivity index (χ1n) is 7.16. The zero-order chi connectivity index (χ0) is 16.8. The summed E-state index contributed by atoms with van der Waals surface area (Å²) in [6.07, 6.45) is 1.39. The topological polar surface area (TPSA) is 121 Å². The number of aromatic nitrogens is 2. The van der Waals surface area contributed by atoms with E-state index in [9.17, 15) is 4.79 Å². The smallest absolute Gasteiger partial charge is 0.312 e. The van der Waals surface area contributed by atoms with Crippen LogP contribution in [0.25, 0.3) is 0 Å². The molecule has 0 atom stereocenters. The van der Waals surface area contributed by atoms with Gasteiger partial charge in [-0.15, -0.1) is 0 Å². The quantitative estimate of drug-likeness (QED) is 0.345. The molecule has 130 valence electrons. The number of rotatable bonds is 13. The van der Waals surface area contributed by atoms with E-state index in [1.165, 1.54) is 6.33 Å². The van der Waals surface area contributed by atoms with Crippen LogP contribution in [-0.2, 0) is 14.2 Å². The normalized spacial score (nSPS) is 10.5. The van der Waals surface area contributed by atoms with Gasteiger partial charge in [-0.25, -0.2) is 14.8 Å². The summed E-state index contributed by atoms with van der Waals surface area (Å²) in [6, 6.07) is 1.09. The molecule has 4 N–H and O–H groups in total. The van der Waals surface area contributed by atoms with E-state index >= 15 is 0 Å². The average molecular weight is 348 g/mol. The van der Waals surface area contributed by atoms with Crippen LogP contribution in [0.1, 0.15) is 0 Å². The van der Waals surface area contributed by atoms with Crippen LogP contribution in [0.3, 0.4) is 0 Å². The molecule has 0 bridgehead atoms. The summed E-state index contributed by atoms with van der Waals surface area (Å²) in [5.74, 6) is 0.660. The van der Waals surface area contributed by atoms with Gasteiger partial charge in [-0.2, -0.15) is 0 Å². The number of primary amides is 1. The SMILES string of the molecule is NC(=O)NCCOCCOCCOCCNc1cc(Cl)ncn1. The van der Waals surface area contributed by atoms with E-state index in [1.807, 2.05) is 0 Å². The molecule has 0 aliphatic carbocycles. The minimum Gasteiger partial charge on any atom is -0.377 e. The van der Waals surface area contributed by atoms with Crippen molar-refractivity contribution in [1.82, 2.24) is 15.3 Å². The summed E-state index contributed by atoms with van der Waals surface area (Å²) in [5, 5.41) is 5.88. The zero-order valence-electron chi connectivity index (χ0n) is 12.8. The van der Waals surface area contributed by atoms with Crippen molar-refractivity contribution in [2.75, 3.05) is 58.0 Å². The van der Waals surface area contributed by atoms with Gasteiger partial charge in [-0.05, 0) is 0 Å². The highest BCUT2D eigenvalue weighted by atomic mass is 35.5. The van der Waals surface area contributed by atoms with Gasteiger partial charge in [0.05, 0.1) is 39.6 Å². The van der Waals surface area contributed by atoms with Crippen molar-refractivity contribution in [1.29, 1.82) is 0 Å². The first-order chi connectivity index (χ1) is 11.2. The number of hydrogen-bond donors (Lipinski definition) is 3. The van der Waals surface area contributed by atoms with Crippen LogP contribution in [0.5, 0.6) is 0 Å². The Morgan fingerprint density at radius 1 is 1.04 bits per heavy atom. The third-order valence-corrected chi connectivity index (χ3v) is 2.68. The molecule has 1 heterocycles. The Hall–Kier alpha value is -1.68. The number of ether oxygens (including phenoxy) is 3. The van der Waals surface area contributed by atoms with E-state index in [0.717, 1.165) is 0 Å². The molecule has 0 spiro atoms. The van der Waals surface area contributed by atoms with E-state index < -0.39 is 6.03 Å². The molecule has 0 fully saturated rings. The van der Waals surface area contributed by atoms with Crippen LogP contribution in [0.15, 0.2) is 12.4 Å². The molecule has 1 aromatic rings. The summed E-state index contributed by atoms with van der Waals surface area (Å²) in [4.78, 5) is 18.2. The van der Waals surface area contributed by atoms with Crippen molar-refractivity contribution in [2.45, 2.75) is 0 Å². The van der Waals surface area contributed by atoms with Gasteiger partial charge in [0.1, 0.15) is 17.3 Å². The summed E-state index contributed by atoms with van der Waals surface area (Å²) in [7, 11) is 0. The van der Waals surface area contributed by atoms with Gasteiger partial charge in [-0.1, -0.05) is 11.6 Å². The Bertz CT molecular complexity index is 452. The van der Waals surface area contributed by atoms with Gasteiger partial charge in [0.25, 0.3) is 0 Å². The number of hydrogen-bond acceptors (Lipinski definition) is 7. The highest BCUT2D eigenvalue weighted by Gasteiger charge is 1.96. The molecular weight excluding hydrogens is 326 g/mol. The molecule has 0 radical (unpaired) electrons. The Balaban J connectivity index is 1.80. The number of carbonyl (C=O) groups is 1. The lowest BCUT2D eigenvalue weighted by molar-refractivity contribution is 0.0173. The molecule has 1 aromatic heterocycles. The highest BCUT2D eigenvalue weighted by molar-refractivity contribution is 6.29. The predicted molar refractivity (Wildman–Crippen MR) is 85.6 cm³/mol. The minimum atomic E-state index is -0.556. The number of halogens is 1. The Kier molecular flexibility index (Phi) is 10.8. The third-order valence-electron chi connectivity index (χ3n) is 2.48. The molecule has 2 amide bonds. The number of nitrogens with one attached hydrogen (secondary N) is 2. The second kappa shape index (κ2) is 12.8. The van der Waals surface area contributed by atoms with E-state index in [4.69, 9.17) is 31.5 Å². The number of nitrogens with two attached hydrogens (primary N) is 1. The van der Waals surface area contributed by atoms with E-state index in [1.54, 1.807) is 6.07 Å². The van der Waals surface area contributed by atoms with Gasteiger partial charge in [0, 0.05) is 19.2 Å². The Labute approximate surface area is 139 Å². The van der Waals surface area contributed by atoms with Crippen LogP contribution in [-0.4, -0.2) is 68.7 Å². The van der Waals surface area contributed by atoms with Crippen LogP contribution < -0.4 is 16.4 Å². The second-order valence-corrected chi connectivity index (χ2v) is 4.67. The largest absolute Gasteiger partial charge is 0.377 e. The maximum absolute atomic E-state index is 10.4. The molecule has 0 unspecified atom stereocenters. The molecule has 0 aromatic carbocycles. The first kappa shape index (κ1) is 19.4. The Morgan fingerprint density at radius 2 is 1.65 bits per heavy atom. The van der Waals surface area contributed by atoms with Gasteiger partial charge in [0.15, 0.2) is 0 Å². The van der Waals surface area contributed by atoms with Crippen molar-refractivity contribution in [3.63, 3.8) is 0 Å². The van der Waals surface area contributed by atoms with Gasteiger partial charge < -0.3 is 30.6 Å². The van der Waals surface area contributed by atoms with Crippen molar-refractivity contribution in [3.05, 3.63) is 17.5 Å². The van der Waals surface area contributed by atoms with Gasteiger partial charge in [-0.3, -0.25) is 0 Å². The fraction of sp³-hybridized carbons (Fsp3) is 0.615. The molecule has 23 heavy (non-hydrogen) atoms. The average Bonchev–Trinajstić information content (AvgIpc) is 2.51. The lowest BCUT2D eigenvalue weighted by Crippen LogP contribution is -2.32. The number of amides is 2. The second-order valence-electron chi connectivity index (χ2n) is 4.28. The van der Waals surface area contributed by atoms with Crippen LogP contribution in [0.2, 0.25) is 5.15 Å². The molecule has 1 rings (SSSR count). The molecule has 0 saturated heterocycles. The summed E-state index contributed by atoms with van der Waals surface area (Å²) >= 11 is 5.74. The summed E-state index contributed by atoms with van der Waals surface area (Å²) in [6.45, 7) is 3.85. The molecule has 0 aliphatic rings. The van der Waals surface area contributed by atoms with E-state index in [-0.39, 0.29) is 0 Å². The maximum atomic E-state index is 10.4. The lowest BCUT2D eigenvalue weighted by atomic mass is 10.5. The fourth-order valence-electron chi connectivity index (χ4n) is 1.47. The summed E-state index contributed by atoms with van der Waals surface area (Å²) < 4.78 is 15.9. The predicted octanol–water partition coefficient (Wildman–Crippen LogP) is 0.260. The van der Waals surface area contributed by atoms with Gasteiger partial charge >= 0.3 is 6.03 Å². The standard InChI is InChI=1S/C13H22ClN5O4/c14-11-9-12(19-10-18-11)16-1-3-21-5-7-23-8-6-22-4-2-17-13(15)20/h9-10H,1-8H2,(H3,15,17,20)(H,16,18,19). The Morgan fingerprint density at radius 3 is 2.26 bits per heavy atom. The van der Waals surface area contributed by atoms with Crippen LogP contribution >= 0.6 is 11.6 Å².